The molecule has 2 aromatic carbocycles. The number of ketones is 1. The molecule has 3 nitrogen and oxygen atoms in total. The second-order valence-electron chi connectivity index (χ2n) is 4.76. The van der Waals surface area contributed by atoms with E-state index in [1.54, 1.807) is 0 Å². The fourth-order valence-electron chi connectivity index (χ4n) is 1.89. The van der Waals surface area contributed by atoms with Gasteiger partial charge in [0, 0.05) is 5.56 Å². The number of carbonyl (C=O) groups is 1. The summed E-state index contributed by atoms with van der Waals surface area (Å²) in [5.74, 6) is 0.683. The number of rotatable bonds is 6. The van der Waals surface area contributed by atoms with Crippen LogP contribution in [0.2, 0.25) is 0 Å². The summed E-state index contributed by atoms with van der Waals surface area (Å²) in [4.78, 5) is 12.0. The minimum atomic E-state index is -0.0176. The second kappa shape index (κ2) is 6.87. The van der Waals surface area contributed by atoms with Crippen molar-refractivity contribution in [3.8, 4) is 5.75 Å². The van der Waals surface area contributed by atoms with Crippen molar-refractivity contribution in [1.29, 1.82) is 0 Å². The third-order valence-corrected chi connectivity index (χ3v) is 3.10. The number of benzene rings is 2. The Morgan fingerprint density at radius 3 is 2.30 bits per heavy atom. The molecule has 0 aromatic heterocycles. The zero-order chi connectivity index (χ0) is 14.4. The molecule has 0 radical (unpaired) electrons. The number of ether oxygens (including phenoxy) is 1. The van der Waals surface area contributed by atoms with Crippen LogP contribution in [0.3, 0.4) is 0 Å². The topological polar surface area (TPSA) is 52.3 Å². The van der Waals surface area contributed by atoms with Crippen molar-refractivity contribution in [3.63, 3.8) is 0 Å². The van der Waals surface area contributed by atoms with Crippen molar-refractivity contribution >= 4 is 5.78 Å². The summed E-state index contributed by atoms with van der Waals surface area (Å²) >= 11 is 0. The molecule has 0 heterocycles. The van der Waals surface area contributed by atoms with Gasteiger partial charge in [-0.2, -0.15) is 0 Å². The summed E-state index contributed by atoms with van der Waals surface area (Å²) in [6.45, 7) is 2.68. The zero-order valence-corrected chi connectivity index (χ0v) is 11.6. The lowest BCUT2D eigenvalue weighted by molar-refractivity contribution is 0.0921. The molecule has 104 valence electrons. The predicted molar refractivity (Wildman–Crippen MR) is 80.2 cm³/mol. The molecule has 2 rings (SSSR count). The van der Waals surface area contributed by atoms with Crippen molar-refractivity contribution < 1.29 is 9.53 Å². The molecule has 3 heteroatoms. The molecule has 0 saturated heterocycles. The number of aryl methyl sites for hydroxylation is 1. The fourth-order valence-corrected chi connectivity index (χ4v) is 1.89. The lowest BCUT2D eigenvalue weighted by Gasteiger charge is -2.07. The van der Waals surface area contributed by atoms with E-state index in [0.717, 1.165) is 12.0 Å². The van der Waals surface area contributed by atoms with E-state index in [-0.39, 0.29) is 12.4 Å². The largest absolute Gasteiger partial charge is 0.485 e. The Hall–Kier alpha value is -2.13. The van der Waals surface area contributed by atoms with Crippen LogP contribution in [0, 0.1) is 6.92 Å². The summed E-state index contributed by atoms with van der Waals surface area (Å²) in [6, 6.07) is 15.2. The van der Waals surface area contributed by atoms with Crippen LogP contribution in [0.1, 0.15) is 21.5 Å². The Kier molecular flexibility index (Phi) is 4.91. The van der Waals surface area contributed by atoms with Crippen molar-refractivity contribution in [2.24, 2.45) is 5.73 Å². The van der Waals surface area contributed by atoms with E-state index in [1.807, 2.05) is 55.5 Å². The molecule has 0 fully saturated rings. The Balaban J connectivity index is 1.91. The van der Waals surface area contributed by atoms with Gasteiger partial charge in [0.15, 0.2) is 12.4 Å². The Bertz CT molecular complexity index is 559. The Morgan fingerprint density at radius 2 is 1.70 bits per heavy atom. The number of hydrogen-bond acceptors (Lipinski definition) is 3. The molecule has 0 aliphatic rings. The molecular formula is C17H19NO2. The maximum absolute atomic E-state index is 12.0. The maximum atomic E-state index is 12.0. The molecule has 2 N–H and O–H groups in total. The van der Waals surface area contributed by atoms with Crippen LogP contribution in [0.4, 0.5) is 0 Å². The van der Waals surface area contributed by atoms with Gasteiger partial charge in [-0.15, -0.1) is 0 Å². The van der Waals surface area contributed by atoms with E-state index in [2.05, 4.69) is 0 Å². The van der Waals surface area contributed by atoms with Gasteiger partial charge in [0.2, 0.25) is 0 Å². The number of Topliss-reactive ketones (excluding diaryl/α,β-unsaturated/α-hetero) is 1. The first-order valence-corrected chi connectivity index (χ1v) is 6.71. The van der Waals surface area contributed by atoms with E-state index in [1.165, 1.54) is 5.56 Å². The molecule has 0 unspecified atom stereocenters. The van der Waals surface area contributed by atoms with Gasteiger partial charge in [0.1, 0.15) is 5.75 Å². The molecule has 0 aliphatic heterocycles. The average molecular weight is 269 g/mol. The van der Waals surface area contributed by atoms with Crippen molar-refractivity contribution in [3.05, 3.63) is 65.2 Å². The normalized spacial score (nSPS) is 10.3. The third-order valence-electron chi connectivity index (χ3n) is 3.10. The monoisotopic (exact) mass is 269 g/mol. The average Bonchev–Trinajstić information content (AvgIpc) is 2.47. The molecule has 0 atom stereocenters. The van der Waals surface area contributed by atoms with Crippen molar-refractivity contribution in [1.82, 2.24) is 0 Å². The highest BCUT2D eigenvalue weighted by molar-refractivity contribution is 5.97. The number of hydrogen-bond donors (Lipinski definition) is 1. The minimum absolute atomic E-state index is 0.0176. The van der Waals surface area contributed by atoms with Gasteiger partial charge < -0.3 is 10.5 Å². The third kappa shape index (κ3) is 3.93. The molecule has 0 aliphatic carbocycles. The lowest BCUT2D eigenvalue weighted by Crippen LogP contribution is -2.11. The number of nitrogens with two attached hydrogens (primary N) is 1. The van der Waals surface area contributed by atoms with E-state index in [4.69, 9.17) is 10.5 Å². The van der Waals surface area contributed by atoms with Crippen molar-refractivity contribution in [2.45, 2.75) is 13.3 Å². The quantitative estimate of drug-likeness (QED) is 0.820. The van der Waals surface area contributed by atoms with E-state index >= 15 is 0 Å². The van der Waals surface area contributed by atoms with Gasteiger partial charge in [-0.3, -0.25) is 4.79 Å². The van der Waals surface area contributed by atoms with Gasteiger partial charge >= 0.3 is 0 Å². The van der Waals surface area contributed by atoms with Crippen LogP contribution >= 0.6 is 0 Å². The van der Waals surface area contributed by atoms with E-state index < -0.39 is 0 Å². The van der Waals surface area contributed by atoms with E-state index in [9.17, 15) is 4.79 Å². The smallest absolute Gasteiger partial charge is 0.200 e. The van der Waals surface area contributed by atoms with Gasteiger partial charge in [0.05, 0.1) is 0 Å². The predicted octanol–water partition coefficient (Wildman–Crippen LogP) is 2.76. The zero-order valence-electron chi connectivity index (χ0n) is 11.6. The molecule has 0 bridgehead atoms. The Morgan fingerprint density at radius 1 is 1.05 bits per heavy atom. The van der Waals surface area contributed by atoms with E-state index in [0.29, 0.717) is 17.9 Å². The van der Waals surface area contributed by atoms with Crippen LogP contribution in [0.25, 0.3) is 0 Å². The number of carbonyl (C=O) groups excluding carboxylic acids is 1. The standard InChI is InChI=1S/C17H19NO2/c1-13-2-6-15(7-3-13)17(19)12-20-16-8-4-14(5-9-16)10-11-18/h2-9H,10-12,18H2,1H3. The first-order valence-electron chi connectivity index (χ1n) is 6.71. The van der Waals surface area contributed by atoms with Gasteiger partial charge in [-0.25, -0.2) is 0 Å². The second-order valence-corrected chi connectivity index (χ2v) is 4.76. The minimum Gasteiger partial charge on any atom is -0.485 e. The fraction of sp³-hybridized carbons (Fsp3) is 0.235. The first kappa shape index (κ1) is 14.3. The van der Waals surface area contributed by atoms with Gasteiger partial charge in [0.25, 0.3) is 0 Å². The molecule has 20 heavy (non-hydrogen) atoms. The summed E-state index contributed by atoms with van der Waals surface area (Å²) in [5.41, 5.74) is 8.48. The van der Waals surface area contributed by atoms with Crippen LogP contribution in [0.5, 0.6) is 5.75 Å². The summed E-state index contributed by atoms with van der Waals surface area (Å²) in [7, 11) is 0. The molecular weight excluding hydrogens is 250 g/mol. The molecule has 0 spiro atoms. The van der Waals surface area contributed by atoms with Crippen LogP contribution in [-0.4, -0.2) is 18.9 Å². The first-order chi connectivity index (χ1) is 9.69. The molecule has 2 aromatic rings. The Labute approximate surface area is 119 Å². The van der Waals surface area contributed by atoms with Gasteiger partial charge in [-0.1, -0.05) is 42.0 Å². The summed E-state index contributed by atoms with van der Waals surface area (Å²) in [6.07, 6.45) is 0.850. The van der Waals surface area contributed by atoms with Crippen LogP contribution in [-0.2, 0) is 6.42 Å². The SMILES string of the molecule is Cc1ccc(C(=O)COc2ccc(CCN)cc2)cc1. The highest BCUT2D eigenvalue weighted by atomic mass is 16.5. The lowest BCUT2D eigenvalue weighted by atomic mass is 10.1. The van der Waals surface area contributed by atoms with Crippen molar-refractivity contribution in [2.75, 3.05) is 13.2 Å². The molecule has 0 amide bonds. The summed E-state index contributed by atoms with van der Waals surface area (Å²) < 4.78 is 5.50. The van der Waals surface area contributed by atoms with Gasteiger partial charge in [-0.05, 0) is 37.6 Å². The maximum Gasteiger partial charge on any atom is 0.200 e. The highest BCUT2D eigenvalue weighted by Gasteiger charge is 2.06. The molecule has 0 saturated carbocycles. The summed E-state index contributed by atoms with van der Waals surface area (Å²) in [5, 5.41) is 0. The highest BCUT2D eigenvalue weighted by Crippen LogP contribution is 2.13. The van der Waals surface area contributed by atoms with Crippen LogP contribution < -0.4 is 10.5 Å². The van der Waals surface area contributed by atoms with Crippen LogP contribution in [0.15, 0.2) is 48.5 Å².